The fraction of sp³-hybridized carbons (Fsp3) is 0.364. The highest BCUT2D eigenvalue weighted by molar-refractivity contribution is 9.10. The molecular formula is C11H12BrNO3. The fourth-order valence-electron chi connectivity index (χ4n) is 1.29. The number of hydrogen-bond acceptors (Lipinski definition) is 4. The maximum absolute atomic E-state index is 9.76. The first-order chi connectivity index (χ1) is 7.60. The van der Waals surface area contributed by atoms with Gasteiger partial charge in [0, 0.05) is 0 Å². The van der Waals surface area contributed by atoms with Crippen molar-refractivity contribution < 1.29 is 14.9 Å². The summed E-state index contributed by atoms with van der Waals surface area (Å²) in [5.41, 5.74) is 0.516. The molecule has 0 fully saturated rings. The molecule has 0 bridgehead atoms. The van der Waals surface area contributed by atoms with E-state index in [0.29, 0.717) is 11.3 Å². The van der Waals surface area contributed by atoms with Crippen molar-refractivity contribution in [3.05, 3.63) is 28.2 Å². The largest absolute Gasteiger partial charge is 0.496 e. The number of aliphatic hydroxyl groups excluding tert-OH is 2. The van der Waals surface area contributed by atoms with Gasteiger partial charge in [0.15, 0.2) is 0 Å². The second kappa shape index (κ2) is 5.85. The van der Waals surface area contributed by atoms with Gasteiger partial charge >= 0.3 is 0 Å². The highest BCUT2D eigenvalue weighted by Crippen LogP contribution is 2.29. The van der Waals surface area contributed by atoms with Crippen molar-refractivity contribution in [2.24, 2.45) is 0 Å². The molecule has 4 nitrogen and oxygen atoms in total. The summed E-state index contributed by atoms with van der Waals surface area (Å²) in [7, 11) is 1.52. The van der Waals surface area contributed by atoms with Crippen molar-refractivity contribution in [1.29, 1.82) is 5.26 Å². The van der Waals surface area contributed by atoms with Gasteiger partial charge in [-0.05, 0) is 33.6 Å². The third-order valence-corrected chi connectivity index (χ3v) is 2.84. The summed E-state index contributed by atoms with van der Waals surface area (Å²) in [6.07, 6.45) is -2.28. The topological polar surface area (TPSA) is 73.5 Å². The minimum Gasteiger partial charge on any atom is -0.496 e. The van der Waals surface area contributed by atoms with E-state index in [1.54, 1.807) is 18.2 Å². The second-order valence-electron chi connectivity index (χ2n) is 3.27. The maximum Gasteiger partial charge on any atom is 0.133 e. The summed E-state index contributed by atoms with van der Waals surface area (Å²) in [6, 6.07) is 6.81. The summed E-state index contributed by atoms with van der Waals surface area (Å²) in [5, 5.41) is 27.7. The Hall–Kier alpha value is -1.09. The first-order valence-electron chi connectivity index (χ1n) is 4.66. The van der Waals surface area contributed by atoms with Crippen molar-refractivity contribution >= 4 is 15.9 Å². The number of nitrogens with zero attached hydrogens (tertiary/aromatic N) is 1. The van der Waals surface area contributed by atoms with E-state index < -0.39 is 12.2 Å². The molecule has 0 amide bonds. The summed E-state index contributed by atoms with van der Waals surface area (Å²) in [4.78, 5) is 0. The average Bonchev–Trinajstić information content (AvgIpc) is 2.29. The maximum atomic E-state index is 9.76. The molecule has 2 N–H and O–H groups in total. The van der Waals surface area contributed by atoms with Crippen LogP contribution in [0.3, 0.4) is 0 Å². The molecule has 0 aliphatic rings. The molecule has 0 aliphatic carbocycles. The van der Waals surface area contributed by atoms with Gasteiger partial charge in [0.25, 0.3) is 0 Å². The Kier molecular flexibility index (Phi) is 4.74. The predicted octanol–water partition coefficient (Wildman–Crippen LogP) is 1.77. The van der Waals surface area contributed by atoms with E-state index in [0.717, 1.165) is 4.47 Å². The fourth-order valence-corrected chi connectivity index (χ4v) is 1.70. The molecule has 1 aromatic carbocycles. The van der Waals surface area contributed by atoms with E-state index in [2.05, 4.69) is 15.9 Å². The van der Waals surface area contributed by atoms with E-state index in [-0.39, 0.29) is 6.42 Å². The highest BCUT2D eigenvalue weighted by Gasteiger charge is 2.19. The van der Waals surface area contributed by atoms with Gasteiger partial charge in [-0.1, -0.05) is 6.07 Å². The summed E-state index contributed by atoms with van der Waals surface area (Å²) in [6.45, 7) is 0. The van der Waals surface area contributed by atoms with Gasteiger partial charge in [-0.15, -0.1) is 0 Å². The van der Waals surface area contributed by atoms with Crippen LogP contribution in [0.4, 0.5) is 0 Å². The van der Waals surface area contributed by atoms with Gasteiger partial charge in [0.05, 0.1) is 30.2 Å². The smallest absolute Gasteiger partial charge is 0.133 e. The van der Waals surface area contributed by atoms with Crippen molar-refractivity contribution in [2.45, 2.75) is 18.6 Å². The SMILES string of the molecule is COc1cc(C(O)C(O)CC#N)ccc1Br. The highest BCUT2D eigenvalue weighted by atomic mass is 79.9. The van der Waals surface area contributed by atoms with Crippen molar-refractivity contribution in [2.75, 3.05) is 7.11 Å². The summed E-state index contributed by atoms with van der Waals surface area (Å²) in [5.74, 6) is 0.570. The molecule has 0 saturated carbocycles. The molecule has 86 valence electrons. The van der Waals surface area contributed by atoms with Crippen LogP contribution in [0.25, 0.3) is 0 Å². The van der Waals surface area contributed by atoms with Crippen LogP contribution in [0.15, 0.2) is 22.7 Å². The van der Waals surface area contributed by atoms with E-state index in [1.807, 2.05) is 6.07 Å². The van der Waals surface area contributed by atoms with Crippen molar-refractivity contribution in [3.63, 3.8) is 0 Å². The van der Waals surface area contributed by atoms with Crippen LogP contribution in [0.2, 0.25) is 0 Å². The second-order valence-corrected chi connectivity index (χ2v) is 4.12. The summed E-state index contributed by atoms with van der Waals surface area (Å²) < 4.78 is 5.84. The lowest BCUT2D eigenvalue weighted by molar-refractivity contribution is 0.0215. The zero-order valence-corrected chi connectivity index (χ0v) is 10.3. The first-order valence-corrected chi connectivity index (χ1v) is 5.46. The van der Waals surface area contributed by atoms with Crippen molar-refractivity contribution in [1.82, 2.24) is 0 Å². The van der Waals surface area contributed by atoms with Crippen LogP contribution in [0, 0.1) is 11.3 Å². The summed E-state index contributed by atoms with van der Waals surface area (Å²) >= 11 is 3.29. The van der Waals surface area contributed by atoms with E-state index in [1.165, 1.54) is 7.11 Å². The molecule has 0 aliphatic heterocycles. The molecular weight excluding hydrogens is 274 g/mol. The van der Waals surface area contributed by atoms with Crippen LogP contribution >= 0.6 is 15.9 Å². The van der Waals surface area contributed by atoms with Crippen LogP contribution in [0.5, 0.6) is 5.75 Å². The molecule has 2 atom stereocenters. The standard InChI is InChI=1S/C11H12BrNO3/c1-16-10-6-7(2-3-8(10)12)11(15)9(14)4-5-13/h2-3,6,9,11,14-15H,4H2,1H3. The Morgan fingerprint density at radius 3 is 2.75 bits per heavy atom. The zero-order chi connectivity index (χ0) is 12.1. The van der Waals surface area contributed by atoms with Gasteiger partial charge in [-0.25, -0.2) is 0 Å². The Balaban J connectivity index is 2.92. The monoisotopic (exact) mass is 285 g/mol. The normalized spacial score (nSPS) is 13.9. The molecule has 0 aromatic heterocycles. The third kappa shape index (κ3) is 2.95. The van der Waals surface area contributed by atoms with Crippen LogP contribution < -0.4 is 4.74 Å². The number of methoxy groups -OCH3 is 1. The molecule has 1 aromatic rings. The number of ether oxygens (including phenoxy) is 1. The minimum absolute atomic E-state index is 0.112. The molecule has 1 rings (SSSR count). The lowest BCUT2D eigenvalue weighted by Gasteiger charge is -2.16. The van der Waals surface area contributed by atoms with E-state index >= 15 is 0 Å². The predicted molar refractivity (Wildman–Crippen MR) is 61.9 cm³/mol. The number of rotatable bonds is 4. The van der Waals surface area contributed by atoms with Crippen LogP contribution in [-0.2, 0) is 0 Å². The molecule has 0 spiro atoms. The van der Waals surface area contributed by atoms with Crippen LogP contribution in [-0.4, -0.2) is 23.4 Å². The Bertz CT molecular complexity index is 403. The number of halogens is 1. The van der Waals surface area contributed by atoms with E-state index in [9.17, 15) is 10.2 Å². The number of benzene rings is 1. The van der Waals surface area contributed by atoms with E-state index in [4.69, 9.17) is 10.00 Å². The van der Waals surface area contributed by atoms with Crippen LogP contribution in [0.1, 0.15) is 18.1 Å². The first kappa shape index (κ1) is 13.0. The Labute approximate surface area is 102 Å². The lowest BCUT2D eigenvalue weighted by Crippen LogP contribution is -2.17. The zero-order valence-electron chi connectivity index (χ0n) is 8.72. The van der Waals surface area contributed by atoms with Gasteiger partial charge in [0.2, 0.25) is 0 Å². The van der Waals surface area contributed by atoms with Gasteiger partial charge in [-0.3, -0.25) is 0 Å². The number of hydrogen-bond donors (Lipinski definition) is 2. The van der Waals surface area contributed by atoms with Gasteiger partial charge in [-0.2, -0.15) is 5.26 Å². The molecule has 16 heavy (non-hydrogen) atoms. The Morgan fingerprint density at radius 1 is 1.50 bits per heavy atom. The molecule has 0 heterocycles. The third-order valence-electron chi connectivity index (χ3n) is 2.18. The molecule has 5 heteroatoms. The quantitative estimate of drug-likeness (QED) is 0.884. The molecule has 0 saturated heterocycles. The van der Waals surface area contributed by atoms with Crippen molar-refractivity contribution in [3.8, 4) is 11.8 Å². The number of aliphatic hydroxyl groups is 2. The lowest BCUT2D eigenvalue weighted by atomic mass is 10.0. The molecule has 0 radical (unpaired) electrons. The molecule has 2 unspecified atom stereocenters. The Morgan fingerprint density at radius 2 is 2.19 bits per heavy atom. The number of nitriles is 1. The average molecular weight is 286 g/mol. The minimum atomic E-state index is -1.09. The van der Waals surface area contributed by atoms with Gasteiger partial charge in [0.1, 0.15) is 11.9 Å². The van der Waals surface area contributed by atoms with Gasteiger partial charge < -0.3 is 14.9 Å².